The number of carbonyl (C=O) groups is 1. The van der Waals surface area contributed by atoms with Gasteiger partial charge in [0.1, 0.15) is 0 Å². The summed E-state index contributed by atoms with van der Waals surface area (Å²) in [6.45, 7) is 9.83. The second-order valence-corrected chi connectivity index (χ2v) is 6.20. The second kappa shape index (κ2) is 6.87. The maximum atomic E-state index is 12.7. The lowest BCUT2D eigenvalue weighted by Gasteiger charge is -2.37. The minimum atomic E-state index is -0.533. The molecule has 0 bridgehead atoms. The molecule has 116 valence electrons. The lowest BCUT2D eigenvalue weighted by atomic mass is 9.93. The number of nitrogens with zero attached hydrogens (tertiary/aromatic N) is 2. The Morgan fingerprint density at radius 1 is 1.35 bits per heavy atom. The molecule has 2 aliphatic rings. The van der Waals surface area contributed by atoms with Gasteiger partial charge in [-0.3, -0.25) is 4.79 Å². The summed E-state index contributed by atoms with van der Waals surface area (Å²) in [4.78, 5) is 16.9. The number of amides is 1. The van der Waals surface area contributed by atoms with E-state index in [1.165, 1.54) is 0 Å². The summed E-state index contributed by atoms with van der Waals surface area (Å²) in [5.74, 6) is 0.309. The number of carbonyl (C=O) groups excluding carboxylic acids is 1. The largest absolute Gasteiger partial charge is 0.388 e. The van der Waals surface area contributed by atoms with Crippen molar-refractivity contribution in [3.8, 4) is 0 Å². The topological polar surface area (TPSA) is 53.0 Å². The maximum Gasteiger partial charge on any atom is 0.226 e. The van der Waals surface area contributed by atoms with Crippen molar-refractivity contribution < 1.29 is 14.6 Å². The van der Waals surface area contributed by atoms with E-state index in [1.807, 2.05) is 11.8 Å². The Balaban J connectivity index is 1.93. The molecule has 1 N–H and O–H groups in total. The van der Waals surface area contributed by atoms with Gasteiger partial charge in [-0.15, -0.1) is 0 Å². The third-order valence-corrected chi connectivity index (χ3v) is 4.65. The summed E-state index contributed by atoms with van der Waals surface area (Å²) >= 11 is 0. The average Bonchev–Trinajstić information content (AvgIpc) is 2.86. The summed E-state index contributed by atoms with van der Waals surface area (Å²) in [5, 5.41) is 9.93. The van der Waals surface area contributed by atoms with Crippen LogP contribution in [0.5, 0.6) is 0 Å². The highest BCUT2D eigenvalue weighted by atomic mass is 16.5. The van der Waals surface area contributed by atoms with E-state index in [1.54, 1.807) is 0 Å². The first kappa shape index (κ1) is 15.7. The molecule has 1 amide bonds. The zero-order valence-electron chi connectivity index (χ0n) is 12.9. The number of likely N-dealkylation sites (N-methyl/N-ethyl adjacent to an activating group) is 1. The minimum Gasteiger partial charge on any atom is -0.388 e. The normalized spacial score (nSPS) is 29.1. The van der Waals surface area contributed by atoms with Crippen LogP contribution in [-0.4, -0.2) is 71.8 Å². The van der Waals surface area contributed by atoms with Crippen molar-refractivity contribution in [3.63, 3.8) is 0 Å². The molecule has 2 aliphatic heterocycles. The van der Waals surface area contributed by atoms with Crippen LogP contribution < -0.4 is 0 Å². The molecular weight excluding hydrogens is 256 g/mol. The SMILES string of the molecule is CCN(C(=O)C1CCN(C(C)C)CC1)[C@@H]1COC[C@H]1O. The molecule has 0 radical (unpaired) electrons. The number of aliphatic hydroxyl groups excluding tert-OH is 1. The van der Waals surface area contributed by atoms with Crippen molar-refractivity contribution in [2.45, 2.75) is 51.8 Å². The smallest absolute Gasteiger partial charge is 0.226 e. The van der Waals surface area contributed by atoms with Crippen LogP contribution in [0.4, 0.5) is 0 Å². The summed E-state index contributed by atoms with van der Waals surface area (Å²) in [5.41, 5.74) is 0. The summed E-state index contributed by atoms with van der Waals surface area (Å²) in [6, 6.07) is 0.397. The van der Waals surface area contributed by atoms with E-state index < -0.39 is 6.10 Å². The Morgan fingerprint density at radius 3 is 2.45 bits per heavy atom. The second-order valence-electron chi connectivity index (χ2n) is 6.20. The fraction of sp³-hybridized carbons (Fsp3) is 0.933. The summed E-state index contributed by atoms with van der Waals surface area (Å²) < 4.78 is 5.29. The molecule has 0 unspecified atom stereocenters. The van der Waals surface area contributed by atoms with Crippen LogP contribution in [0, 0.1) is 5.92 Å². The molecule has 2 heterocycles. The van der Waals surface area contributed by atoms with E-state index >= 15 is 0 Å². The molecule has 0 spiro atoms. The predicted molar refractivity (Wildman–Crippen MR) is 77.4 cm³/mol. The highest BCUT2D eigenvalue weighted by Crippen LogP contribution is 2.24. The molecule has 0 aromatic rings. The van der Waals surface area contributed by atoms with Gasteiger partial charge in [0.2, 0.25) is 5.91 Å². The van der Waals surface area contributed by atoms with Crippen molar-refractivity contribution in [1.82, 2.24) is 9.80 Å². The number of rotatable bonds is 4. The van der Waals surface area contributed by atoms with Gasteiger partial charge in [0.15, 0.2) is 0 Å². The lowest BCUT2D eigenvalue weighted by Crippen LogP contribution is -2.51. The minimum absolute atomic E-state index is 0.109. The van der Waals surface area contributed by atoms with E-state index in [0.29, 0.717) is 25.8 Å². The average molecular weight is 284 g/mol. The van der Waals surface area contributed by atoms with E-state index in [4.69, 9.17) is 4.74 Å². The highest BCUT2D eigenvalue weighted by Gasteiger charge is 2.37. The molecule has 5 nitrogen and oxygen atoms in total. The molecule has 2 atom stereocenters. The van der Waals surface area contributed by atoms with Gasteiger partial charge in [-0.05, 0) is 46.7 Å². The van der Waals surface area contributed by atoms with Crippen LogP contribution in [0.2, 0.25) is 0 Å². The predicted octanol–water partition coefficient (Wildman–Crippen LogP) is 0.715. The Labute approximate surface area is 121 Å². The zero-order valence-corrected chi connectivity index (χ0v) is 12.9. The fourth-order valence-corrected chi connectivity index (χ4v) is 3.28. The van der Waals surface area contributed by atoms with Gasteiger partial charge in [0, 0.05) is 18.5 Å². The zero-order chi connectivity index (χ0) is 14.7. The summed E-state index contributed by atoms with van der Waals surface area (Å²) in [6.07, 6.45) is 1.32. The van der Waals surface area contributed by atoms with Crippen molar-refractivity contribution in [2.24, 2.45) is 5.92 Å². The first-order chi connectivity index (χ1) is 9.54. The molecule has 0 aromatic carbocycles. The lowest BCUT2D eigenvalue weighted by molar-refractivity contribution is -0.141. The number of aliphatic hydroxyl groups is 1. The highest BCUT2D eigenvalue weighted by molar-refractivity contribution is 5.79. The van der Waals surface area contributed by atoms with Gasteiger partial charge in [-0.25, -0.2) is 0 Å². The van der Waals surface area contributed by atoms with Crippen LogP contribution >= 0.6 is 0 Å². The van der Waals surface area contributed by atoms with Gasteiger partial charge in [0.25, 0.3) is 0 Å². The molecule has 0 aromatic heterocycles. The summed E-state index contributed by atoms with van der Waals surface area (Å²) in [7, 11) is 0. The third kappa shape index (κ3) is 3.32. The molecule has 0 aliphatic carbocycles. The van der Waals surface area contributed by atoms with Crippen molar-refractivity contribution >= 4 is 5.91 Å². The Kier molecular flexibility index (Phi) is 5.41. The van der Waals surface area contributed by atoms with E-state index in [9.17, 15) is 9.90 Å². The van der Waals surface area contributed by atoms with Gasteiger partial charge in [0.05, 0.1) is 25.4 Å². The maximum absolute atomic E-state index is 12.7. The van der Waals surface area contributed by atoms with Crippen molar-refractivity contribution in [2.75, 3.05) is 32.8 Å². The molecule has 2 rings (SSSR count). The first-order valence-electron chi connectivity index (χ1n) is 7.85. The van der Waals surface area contributed by atoms with Crippen LogP contribution in [0.1, 0.15) is 33.6 Å². The van der Waals surface area contributed by atoms with Gasteiger partial charge < -0.3 is 19.6 Å². The van der Waals surface area contributed by atoms with Gasteiger partial charge in [-0.2, -0.15) is 0 Å². The molecular formula is C15H28N2O3. The number of ether oxygens (including phenoxy) is 1. The van der Waals surface area contributed by atoms with Crippen LogP contribution in [0.25, 0.3) is 0 Å². The first-order valence-corrected chi connectivity index (χ1v) is 7.85. The molecule has 20 heavy (non-hydrogen) atoms. The molecule has 0 saturated carbocycles. The number of hydrogen-bond acceptors (Lipinski definition) is 4. The molecule has 5 heteroatoms. The monoisotopic (exact) mass is 284 g/mol. The quantitative estimate of drug-likeness (QED) is 0.826. The van der Waals surface area contributed by atoms with Crippen LogP contribution in [0.15, 0.2) is 0 Å². The Hall–Kier alpha value is -0.650. The standard InChI is InChI=1S/C15H28N2O3/c1-4-17(13-9-20-10-14(13)18)15(19)12-5-7-16(8-6-12)11(2)3/h11-14,18H,4-10H2,1-3H3/t13-,14-/m1/s1. The van der Waals surface area contributed by atoms with Gasteiger partial charge >= 0.3 is 0 Å². The van der Waals surface area contributed by atoms with Crippen LogP contribution in [0.3, 0.4) is 0 Å². The Morgan fingerprint density at radius 2 is 2.00 bits per heavy atom. The van der Waals surface area contributed by atoms with E-state index in [0.717, 1.165) is 25.9 Å². The third-order valence-electron chi connectivity index (χ3n) is 4.65. The number of likely N-dealkylation sites (tertiary alicyclic amines) is 1. The molecule has 2 fully saturated rings. The van der Waals surface area contributed by atoms with Gasteiger partial charge in [-0.1, -0.05) is 0 Å². The Bertz CT molecular complexity index is 327. The van der Waals surface area contributed by atoms with Crippen LogP contribution in [-0.2, 0) is 9.53 Å². The van der Waals surface area contributed by atoms with E-state index in [-0.39, 0.29) is 17.9 Å². The molecule has 2 saturated heterocycles. The fourth-order valence-electron chi connectivity index (χ4n) is 3.28. The van der Waals surface area contributed by atoms with Crippen molar-refractivity contribution in [3.05, 3.63) is 0 Å². The number of piperidine rings is 1. The van der Waals surface area contributed by atoms with Crippen molar-refractivity contribution in [1.29, 1.82) is 0 Å². The van der Waals surface area contributed by atoms with E-state index in [2.05, 4.69) is 18.7 Å². The number of hydrogen-bond donors (Lipinski definition) is 1.